The Morgan fingerprint density at radius 1 is 1.22 bits per heavy atom. The van der Waals surface area contributed by atoms with Crippen LogP contribution >= 0.6 is 15.9 Å². The highest BCUT2D eigenvalue weighted by molar-refractivity contribution is 9.10. The molecule has 0 amide bonds. The van der Waals surface area contributed by atoms with E-state index in [9.17, 15) is 0 Å². The zero-order valence-corrected chi connectivity index (χ0v) is 12.9. The van der Waals surface area contributed by atoms with Crippen molar-refractivity contribution in [1.29, 1.82) is 0 Å². The smallest absolute Gasteiger partial charge is 0.0500 e. The van der Waals surface area contributed by atoms with Crippen LogP contribution in [-0.2, 0) is 0 Å². The molecule has 1 fully saturated rings. The second-order valence-corrected chi connectivity index (χ2v) is 7.23. The maximum Gasteiger partial charge on any atom is 0.0500 e. The van der Waals surface area contributed by atoms with Crippen LogP contribution in [0.1, 0.15) is 39.5 Å². The van der Waals surface area contributed by atoms with E-state index < -0.39 is 0 Å². The standard InChI is InChI=1S/C15H23BrN2/c1-14(2)8-3-9-15(10-14,11-17)18-13-6-4-12(16)5-7-13/h4-7,18H,3,8-11,17H2,1-2H3. The number of nitrogens with two attached hydrogens (primary N) is 1. The lowest BCUT2D eigenvalue weighted by Gasteiger charge is -2.45. The number of nitrogens with one attached hydrogen (secondary N) is 1. The van der Waals surface area contributed by atoms with Gasteiger partial charge in [-0.15, -0.1) is 0 Å². The van der Waals surface area contributed by atoms with Gasteiger partial charge >= 0.3 is 0 Å². The van der Waals surface area contributed by atoms with Gasteiger partial charge in [-0.2, -0.15) is 0 Å². The van der Waals surface area contributed by atoms with E-state index in [1.54, 1.807) is 0 Å². The Labute approximate surface area is 118 Å². The van der Waals surface area contributed by atoms with E-state index >= 15 is 0 Å². The van der Waals surface area contributed by atoms with Crippen molar-refractivity contribution in [3.8, 4) is 0 Å². The summed E-state index contributed by atoms with van der Waals surface area (Å²) in [4.78, 5) is 0. The zero-order chi connectivity index (χ0) is 13.2. The number of rotatable bonds is 3. The summed E-state index contributed by atoms with van der Waals surface area (Å²) < 4.78 is 1.11. The summed E-state index contributed by atoms with van der Waals surface area (Å²) in [6, 6.07) is 8.37. The van der Waals surface area contributed by atoms with Gasteiger partial charge in [-0.05, 0) is 48.9 Å². The van der Waals surface area contributed by atoms with Crippen molar-refractivity contribution in [2.75, 3.05) is 11.9 Å². The molecule has 18 heavy (non-hydrogen) atoms. The molecule has 1 unspecified atom stereocenters. The minimum absolute atomic E-state index is 0.0651. The summed E-state index contributed by atoms with van der Waals surface area (Å²) in [7, 11) is 0. The zero-order valence-electron chi connectivity index (χ0n) is 11.3. The van der Waals surface area contributed by atoms with Crippen molar-refractivity contribution in [2.24, 2.45) is 11.1 Å². The van der Waals surface area contributed by atoms with Gasteiger partial charge in [-0.1, -0.05) is 36.2 Å². The highest BCUT2D eigenvalue weighted by Crippen LogP contribution is 2.42. The van der Waals surface area contributed by atoms with Crippen LogP contribution in [-0.4, -0.2) is 12.1 Å². The van der Waals surface area contributed by atoms with Crippen LogP contribution in [0.5, 0.6) is 0 Å². The van der Waals surface area contributed by atoms with E-state index in [1.165, 1.54) is 24.9 Å². The first-order valence-electron chi connectivity index (χ1n) is 6.69. The minimum Gasteiger partial charge on any atom is -0.378 e. The topological polar surface area (TPSA) is 38.0 Å². The lowest BCUT2D eigenvalue weighted by Crippen LogP contribution is -2.50. The average Bonchev–Trinajstić information content (AvgIpc) is 2.31. The minimum atomic E-state index is 0.0651. The van der Waals surface area contributed by atoms with Gasteiger partial charge in [0, 0.05) is 16.7 Å². The van der Waals surface area contributed by atoms with Crippen molar-refractivity contribution in [1.82, 2.24) is 0 Å². The molecule has 1 aromatic rings. The summed E-state index contributed by atoms with van der Waals surface area (Å²) in [5.74, 6) is 0. The SMILES string of the molecule is CC1(C)CCCC(CN)(Nc2ccc(Br)cc2)C1. The molecule has 0 radical (unpaired) electrons. The first-order valence-corrected chi connectivity index (χ1v) is 7.48. The van der Waals surface area contributed by atoms with Crippen LogP contribution in [0.2, 0.25) is 0 Å². The Balaban J connectivity index is 2.15. The molecule has 2 rings (SSSR count). The Kier molecular flexibility index (Phi) is 4.02. The molecule has 2 nitrogen and oxygen atoms in total. The van der Waals surface area contributed by atoms with Crippen LogP contribution in [0, 0.1) is 5.41 Å². The first kappa shape index (κ1) is 13.9. The third-order valence-corrected chi connectivity index (χ3v) is 4.50. The van der Waals surface area contributed by atoms with E-state index in [0.717, 1.165) is 10.9 Å². The second kappa shape index (κ2) is 5.22. The summed E-state index contributed by atoms with van der Waals surface area (Å²) in [6.45, 7) is 5.39. The number of hydrogen-bond donors (Lipinski definition) is 2. The number of halogens is 1. The van der Waals surface area contributed by atoms with Crippen molar-refractivity contribution in [3.05, 3.63) is 28.7 Å². The number of hydrogen-bond acceptors (Lipinski definition) is 2. The summed E-state index contributed by atoms with van der Waals surface area (Å²) >= 11 is 3.47. The van der Waals surface area contributed by atoms with Crippen molar-refractivity contribution < 1.29 is 0 Å². The second-order valence-electron chi connectivity index (χ2n) is 6.31. The Morgan fingerprint density at radius 2 is 1.89 bits per heavy atom. The molecule has 0 saturated heterocycles. The maximum absolute atomic E-state index is 6.07. The predicted molar refractivity (Wildman–Crippen MR) is 81.8 cm³/mol. The average molecular weight is 311 g/mol. The quantitative estimate of drug-likeness (QED) is 0.879. The Hall–Kier alpha value is -0.540. The highest BCUT2D eigenvalue weighted by atomic mass is 79.9. The number of anilines is 1. The molecule has 3 N–H and O–H groups in total. The molecule has 0 heterocycles. The van der Waals surface area contributed by atoms with Crippen LogP contribution in [0.3, 0.4) is 0 Å². The molecule has 1 aliphatic carbocycles. The summed E-state index contributed by atoms with van der Waals surface area (Å²) in [5.41, 5.74) is 7.69. The van der Waals surface area contributed by atoms with Crippen LogP contribution in [0.15, 0.2) is 28.7 Å². The van der Waals surface area contributed by atoms with Crippen LogP contribution in [0.25, 0.3) is 0 Å². The predicted octanol–water partition coefficient (Wildman–Crippen LogP) is 4.16. The molecule has 1 saturated carbocycles. The summed E-state index contributed by atoms with van der Waals surface area (Å²) in [5, 5.41) is 3.68. The first-order chi connectivity index (χ1) is 8.45. The van der Waals surface area contributed by atoms with E-state index in [2.05, 4.69) is 59.4 Å². The molecule has 3 heteroatoms. The van der Waals surface area contributed by atoms with Gasteiger partial charge < -0.3 is 11.1 Å². The third-order valence-electron chi connectivity index (χ3n) is 3.97. The molecule has 100 valence electrons. The molecule has 0 aliphatic heterocycles. The lowest BCUT2D eigenvalue weighted by atomic mass is 9.68. The van der Waals surface area contributed by atoms with Crippen LogP contribution < -0.4 is 11.1 Å². The molecule has 1 aliphatic rings. The van der Waals surface area contributed by atoms with Gasteiger partial charge in [0.1, 0.15) is 0 Å². The Morgan fingerprint density at radius 3 is 2.44 bits per heavy atom. The molecule has 0 aromatic heterocycles. The van der Waals surface area contributed by atoms with Crippen molar-refractivity contribution >= 4 is 21.6 Å². The van der Waals surface area contributed by atoms with Gasteiger partial charge in [0.05, 0.1) is 5.54 Å². The van der Waals surface area contributed by atoms with Crippen molar-refractivity contribution in [3.63, 3.8) is 0 Å². The van der Waals surface area contributed by atoms with E-state index in [1.807, 2.05) is 0 Å². The molecule has 1 aromatic carbocycles. The largest absolute Gasteiger partial charge is 0.378 e. The fourth-order valence-electron chi connectivity index (χ4n) is 3.17. The van der Waals surface area contributed by atoms with E-state index in [0.29, 0.717) is 12.0 Å². The fourth-order valence-corrected chi connectivity index (χ4v) is 3.43. The van der Waals surface area contributed by atoms with Gasteiger partial charge in [-0.3, -0.25) is 0 Å². The normalized spacial score (nSPS) is 26.9. The summed E-state index contributed by atoms with van der Waals surface area (Å²) in [6.07, 6.45) is 4.88. The van der Waals surface area contributed by atoms with E-state index in [4.69, 9.17) is 5.73 Å². The monoisotopic (exact) mass is 310 g/mol. The van der Waals surface area contributed by atoms with E-state index in [-0.39, 0.29) is 5.54 Å². The van der Waals surface area contributed by atoms with Crippen molar-refractivity contribution in [2.45, 2.75) is 45.1 Å². The van der Waals surface area contributed by atoms with Gasteiger partial charge in [0.2, 0.25) is 0 Å². The highest BCUT2D eigenvalue weighted by Gasteiger charge is 2.38. The molecule has 0 bridgehead atoms. The third kappa shape index (κ3) is 3.27. The van der Waals surface area contributed by atoms with Gasteiger partial charge in [0.15, 0.2) is 0 Å². The molecular formula is C15H23BrN2. The van der Waals surface area contributed by atoms with Gasteiger partial charge in [0.25, 0.3) is 0 Å². The van der Waals surface area contributed by atoms with Gasteiger partial charge in [-0.25, -0.2) is 0 Å². The fraction of sp³-hybridized carbons (Fsp3) is 0.600. The maximum atomic E-state index is 6.07. The molecule has 0 spiro atoms. The van der Waals surface area contributed by atoms with Crippen LogP contribution in [0.4, 0.5) is 5.69 Å². The Bertz CT molecular complexity index is 399. The lowest BCUT2D eigenvalue weighted by molar-refractivity contribution is 0.170. The molecular weight excluding hydrogens is 288 g/mol. The number of benzene rings is 1. The molecule has 1 atom stereocenters.